The maximum absolute atomic E-state index is 13.4. The van der Waals surface area contributed by atoms with Gasteiger partial charge in [0, 0.05) is 11.8 Å². The van der Waals surface area contributed by atoms with Crippen LogP contribution in [0, 0.1) is 0 Å². The molecule has 0 radical (unpaired) electrons. The van der Waals surface area contributed by atoms with Gasteiger partial charge in [0.25, 0.3) is 5.91 Å². The summed E-state index contributed by atoms with van der Waals surface area (Å²) in [6.07, 6.45) is 3.37. The zero-order chi connectivity index (χ0) is 21.8. The molecule has 1 aliphatic rings. The van der Waals surface area contributed by atoms with Gasteiger partial charge in [-0.3, -0.25) is 9.69 Å². The van der Waals surface area contributed by atoms with Crippen molar-refractivity contribution in [2.24, 2.45) is 4.99 Å². The Morgan fingerprint density at radius 2 is 1.87 bits per heavy atom. The van der Waals surface area contributed by atoms with E-state index in [0.717, 1.165) is 5.56 Å². The van der Waals surface area contributed by atoms with Gasteiger partial charge in [0.2, 0.25) is 0 Å². The zero-order valence-corrected chi connectivity index (χ0v) is 18.4. The average molecular weight is 452 g/mol. The lowest BCUT2D eigenvalue weighted by Gasteiger charge is -2.15. The number of amides is 1. The average Bonchev–Trinajstić information content (AvgIpc) is 3.10. The fraction of sp³-hybridized carbons (Fsp3) is 0.0870. The highest BCUT2D eigenvalue weighted by Gasteiger charge is 2.35. The molecule has 0 atom stereocenters. The number of pyridine rings is 1. The van der Waals surface area contributed by atoms with Crippen molar-refractivity contribution in [2.45, 2.75) is 0 Å². The highest BCUT2D eigenvalue weighted by molar-refractivity contribution is 8.19. The third-order valence-corrected chi connectivity index (χ3v) is 5.76. The first-order valence-corrected chi connectivity index (χ1v) is 10.5. The number of benzene rings is 2. The highest BCUT2D eigenvalue weighted by atomic mass is 35.5. The van der Waals surface area contributed by atoms with E-state index in [1.807, 2.05) is 36.4 Å². The Kier molecular flexibility index (Phi) is 6.25. The number of methoxy groups -OCH3 is 2. The monoisotopic (exact) mass is 451 g/mol. The van der Waals surface area contributed by atoms with Crippen molar-refractivity contribution in [1.82, 2.24) is 4.98 Å². The van der Waals surface area contributed by atoms with E-state index in [9.17, 15) is 4.79 Å². The van der Waals surface area contributed by atoms with Crippen molar-refractivity contribution >= 4 is 51.9 Å². The Labute approximate surface area is 189 Å². The molecule has 1 saturated heterocycles. The number of ether oxygens (including phenoxy) is 2. The number of thioether (sulfide) groups is 1. The van der Waals surface area contributed by atoms with Gasteiger partial charge in [-0.1, -0.05) is 29.8 Å². The third kappa shape index (κ3) is 4.42. The van der Waals surface area contributed by atoms with Crippen LogP contribution in [0.5, 0.6) is 11.5 Å². The molecule has 2 heterocycles. The van der Waals surface area contributed by atoms with E-state index in [-0.39, 0.29) is 11.1 Å². The number of carbonyl (C=O) groups is 1. The summed E-state index contributed by atoms with van der Waals surface area (Å²) in [5, 5.41) is 0.752. The number of para-hydroxylation sites is 1. The molecule has 0 aliphatic carbocycles. The van der Waals surface area contributed by atoms with Crippen LogP contribution in [0.25, 0.3) is 6.08 Å². The maximum Gasteiger partial charge on any atom is 0.271 e. The predicted molar refractivity (Wildman–Crippen MR) is 125 cm³/mol. The Hall–Kier alpha value is -3.29. The molecule has 1 amide bonds. The minimum atomic E-state index is -0.195. The van der Waals surface area contributed by atoms with Gasteiger partial charge in [0.15, 0.2) is 10.3 Å². The number of halogens is 1. The quantitative estimate of drug-likeness (QED) is 0.375. The molecule has 31 heavy (non-hydrogen) atoms. The smallest absolute Gasteiger partial charge is 0.271 e. The second-order valence-electron chi connectivity index (χ2n) is 6.40. The predicted octanol–water partition coefficient (Wildman–Crippen LogP) is 5.56. The molecule has 0 unspecified atom stereocenters. The molecule has 3 aromatic rings. The van der Waals surface area contributed by atoms with E-state index in [1.165, 1.54) is 11.8 Å². The molecule has 0 saturated carbocycles. The van der Waals surface area contributed by atoms with E-state index >= 15 is 0 Å². The van der Waals surface area contributed by atoms with E-state index in [4.69, 9.17) is 21.1 Å². The molecular formula is C23H18ClN3O3S. The fourth-order valence-electron chi connectivity index (χ4n) is 3.01. The minimum Gasteiger partial charge on any atom is -0.497 e. The Balaban J connectivity index is 1.81. The first-order chi connectivity index (χ1) is 15.1. The summed E-state index contributed by atoms with van der Waals surface area (Å²) < 4.78 is 10.8. The number of hydrogen-bond donors (Lipinski definition) is 0. The Morgan fingerprint density at radius 3 is 2.58 bits per heavy atom. The first kappa shape index (κ1) is 21.0. The van der Waals surface area contributed by atoms with Gasteiger partial charge < -0.3 is 9.47 Å². The molecule has 0 spiro atoms. The zero-order valence-electron chi connectivity index (χ0n) is 16.8. The van der Waals surface area contributed by atoms with Crippen molar-refractivity contribution in [1.29, 1.82) is 0 Å². The molecular weight excluding hydrogens is 434 g/mol. The molecule has 1 fully saturated rings. The number of carbonyl (C=O) groups excluding carboxylic acids is 1. The number of rotatable bonds is 5. The lowest BCUT2D eigenvalue weighted by atomic mass is 10.1. The normalized spacial score (nSPS) is 16.2. The van der Waals surface area contributed by atoms with E-state index in [1.54, 1.807) is 55.7 Å². The van der Waals surface area contributed by atoms with Crippen molar-refractivity contribution < 1.29 is 14.3 Å². The summed E-state index contributed by atoms with van der Waals surface area (Å²) in [6.45, 7) is 0. The van der Waals surface area contributed by atoms with Gasteiger partial charge in [0.1, 0.15) is 17.2 Å². The molecule has 8 heteroatoms. The topological polar surface area (TPSA) is 64.0 Å². The second kappa shape index (κ2) is 9.24. The van der Waals surface area contributed by atoms with Crippen LogP contribution in [0.4, 0.5) is 11.4 Å². The van der Waals surface area contributed by atoms with Crippen molar-refractivity contribution in [3.8, 4) is 11.5 Å². The summed E-state index contributed by atoms with van der Waals surface area (Å²) in [5.41, 5.74) is 1.92. The molecule has 4 rings (SSSR count). The van der Waals surface area contributed by atoms with Gasteiger partial charge in [-0.05, 0) is 60.3 Å². The van der Waals surface area contributed by atoms with Crippen LogP contribution in [0.1, 0.15) is 5.56 Å². The standard InChI is InChI=1S/C23H18ClN3O3S/c1-29-17-10-11-19(30-2)15(13-17)14-20-22(28)27(16-7-4-3-5-8-16)23(31-20)26-18-9-6-12-25-21(18)24/h3-14H,1-2H3/b20-14-,26-23?. The number of aliphatic imine (C=N–C) groups is 1. The Morgan fingerprint density at radius 1 is 1.06 bits per heavy atom. The van der Waals surface area contributed by atoms with E-state index < -0.39 is 0 Å². The summed E-state index contributed by atoms with van der Waals surface area (Å²) in [5.74, 6) is 1.10. The van der Waals surface area contributed by atoms with Crippen molar-refractivity contribution in [3.63, 3.8) is 0 Å². The Bertz CT molecular complexity index is 1180. The number of amidine groups is 1. The first-order valence-electron chi connectivity index (χ1n) is 9.31. The highest BCUT2D eigenvalue weighted by Crippen LogP contribution is 2.39. The van der Waals surface area contributed by atoms with Crippen LogP contribution in [0.3, 0.4) is 0 Å². The SMILES string of the molecule is COc1ccc(OC)c(/C=C2\SC(=Nc3cccnc3Cl)N(c3ccccc3)C2=O)c1. The number of hydrogen-bond acceptors (Lipinski definition) is 6. The number of anilines is 1. The molecule has 2 aromatic carbocycles. The van der Waals surface area contributed by atoms with E-state index in [0.29, 0.717) is 32.9 Å². The molecule has 156 valence electrons. The maximum atomic E-state index is 13.4. The van der Waals surface area contributed by atoms with Crippen LogP contribution < -0.4 is 14.4 Å². The van der Waals surface area contributed by atoms with Gasteiger partial charge >= 0.3 is 0 Å². The molecule has 0 bridgehead atoms. The molecule has 1 aromatic heterocycles. The van der Waals surface area contributed by atoms with Crippen LogP contribution in [-0.4, -0.2) is 30.3 Å². The van der Waals surface area contributed by atoms with Crippen molar-refractivity contribution in [3.05, 3.63) is 82.5 Å². The van der Waals surface area contributed by atoms with E-state index in [2.05, 4.69) is 9.98 Å². The van der Waals surface area contributed by atoms with Crippen LogP contribution in [0.15, 0.2) is 76.8 Å². The minimum absolute atomic E-state index is 0.195. The van der Waals surface area contributed by atoms with Gasteiger partial charge in [0.05, 0.1) is 24.8 Å². The lowest BCUT2D eigenvalue weighted by Crippen LogP contribution is -2.28. The fourth-order valence-corrected chi connectivity index (χ4v) is 4.16. The van der Waals surface area contributed by atoms with Crippen LogP contribution in [-0.2, 0) is 4.79 Å². The van der Waals surface area contributed by atoms with Crippen molar-refractivity contribution in [2.75, 3.05) is 19.1 Å². The number of aromatic nitrogens is 1. The molecule has 1 aliphatic heterocycles. The summed E-state index contributed by atoms with van der Waals surface area (Å²) in [6, 6.07) is 18.3. The van der Waals surface area contributed by atoms with Crippen LogP contribution in [0.2, 0.25) is 5.15 Å². The summed E-state index contributed by atoms with van der Waals surface area (Å²) in [7, 11) is 3.18. The number of nitrogens with zero attached hydrogens (tertiary/aromatic N) is 3. The second-order valence-corrected chi connectivity index (χ2v) is 7.77. The lowest BCUT2D eigenvalue weighted by molar-refractivity contribution is -0.113. The van der Waals surface area contributed by atoms with Gasteiger partial charge in [-0.15, -0.1) is 0 Å². The van der Waals surface area contributed by atoms with Crippen LogP contribution >= 0.6 is 23.4 Å². The summed E-state index contributed by atoms with van der Waals surface area (Å²) in [4.78, 5) is 24.1. The van der Waals surface area contributed by atoms with Gasteiger partial charge in [-0.2, -0.15) is 0 Å². The molecule has 0 N–H and O–H groups in total. The van der Waals surface area contributed by atoms with Gasteiger partial charge in [-0.25, -0.2) is 9.98 Å². The third-order valence-electron chi connectivity index (χ3n) is 4.50. The largest absolute Gasteiger partial charge is 0.497 e. The summed E-state index contributed by atoms with van der Waals surface area (Å²) >= 11 is 7.45. The molecule has 6 nitrogen and oxygen atoms in total.